The maximum absolute atomic E-state index is 5.73. The van der Waals surface area contributed by atoms with Crippen LogP contribution in [0.15, 0.2) is 46.9 Å². The summed E-state index contributed by atoms with van der Waals surface area (Å²) in [4.78, 5) is 0. The first kappa shape index (κ1) is 11.8. The number of halogens is 1. The van der Waals surface area contributed by atoms with E-state index in [1.54, 1.807) is 25.3 Å². The SMILES string of the molecule is COc1cc(Oc2cccc(Br)c2)ccc1N. The molecule has 88 valence electrons. The van der Waals surface area contributed by atoms with Crippen molar-refractivity contribution < 1.29 is 9.47 Å². The first-order valence-corrected chi connectivity index (χ1v) is 5.85. The standard InChI is InChI=1S/C13H12BrNO2/c1-16-13-8-11(5-6-12(13)15)17-10-4-2-3-9(14)7-10/h2-8H,15H2,1H3. The van der Waals surface area contributed by atoms with Gasteiger partial charge in [0.2, 0.25) is 0 Å². The van der Waals surface area contributed by atoms with Crippen LogP contribution in [0, 0.1) is 0 Å². The Kier molecular flexibility index (Phi) is 3.54. The predicted octanol–water partition coefficient (Wildman–Crippen LogP) is 3.83. The molecule has 0 aliphatic heterocycles. The largest absolute Gasteiger partial charge is 0.494 e. The van der Waals surface area contributed by atoms with Gasteiger partial charge in [-0.25, -0.2) is 0 Å². The summed E-state index contributed by atoms with van der Waals surface area (Å²) in [6.45, 7) is 0. The zero-order chi connectivity index (χ0) is 12.3. The maximum atomic E-state index is 5.73. The van der Waals surface area contributed by atoms with Crippen LogP contribution in [0.5, 0.6) is 17.2 Å². The lowest BCUT2D eigenvalue weighted by Gasteiger charge is -2.09. The van der Waals surface area contributed by atoms with Gasteiger partial charge in [0.25, 0.3) is 0 Å². The van der Waals surface area contributed by atoms with Crippen LogP contribution < -0.4 is 15.2 Å². The number of methoxy groups -OCH3 is 1. The highest BCUT2D eigenvalue weighted by molar-refractivity contribution is 9.10. The first-order valence-electron chi connectivity index (χ1n) is 5.06. The quantitative estimate of drug-likeness (QED) is 0.875. The molecule has 17 heavy (non-hydrogen) atoms. The van der Waals surface area contributed by atoms with Crippen LogP contribution in [0.3, 0.4) is 0 Å². The fourth-order valence-electron chi connectivity index (χ4n) is 1.42. The second-order valence-electron chi connectivity index (χ2n) is 3.46. The van der Waals surface area contributed by atoms with E-state index in [0.717, 1.165) is 10.2 Å². The average molecular weight is 294 g/mol. The van der Waals surface area contributed by atoms with Crippen molar-refractivity contribution in [3.8, 4) is 17.2 Å². The lowest BCUT2D eigenvalue weighted by atomic mass is 10.3. The Hall–Kier alpha value is -1.68. The second-order valence-corrected chi connectivity index (χ2v) is 4.38. The normalized spacial score (nSPS) is 10.0. The third kappa shape index (κ3) is 2.91. The Bertz CT molecular complexity index is 529. The highest BCUT2D eigenvalue weighted by Gasteiger charge is 2.03. The van der Waals surface area contributed by atoms with Gasteiger partial charge in [-0.15, -0.1) is 0 Å². The highest BCUT2D eigenvalue weighted by Crippen LogP contribution is 2.30. The molecular formula is C13H12BrNO2. The number of nitrogens with two attached hydrogens (primary N) is 1. The monoisotopic (exact) mass is 293 g/mol. The number of ether oxygens (including phenoxy) is 2. The zero-order valence-corrected chi connectivity index (χ0v) is 10.9. The smallest absolute Gasteiger partial charge is 0.145 e. The van der Waals surface area contributed by atoms with Crippen molar-refractivity contribution in [2.24, 2.45) is 0 Å². The molecule has 0 bridgehead atoms. The van der Waals surface area contributed by atoms with Gasteiger partial charge in [-0.2, -0.15) is 0 Å². The maximum Gasteiger partial charge on any atom is 0.145 e. The van der Waals surface area contributed by atoms with Crippen LogP contribution in [-0.2, 0) is 0 Å². The molecule has 0 fully saturated rings. The molecule has 4 heteroatoms. The number of anilines is 1. The molecule has 2 N–H and O–H groups in total. The molecule has 0 aliphatic carbocycles. The summed E-state index contributed by atoms with van der Waals surface area (Å²) >= 11 is 3.39. The van der Waals surface area contributed by atoms with Gasteiger partial charge in [0.05, 0.1) is 12.8 Å². The van der Waals surface area contributed by atoms with E-state index in [4.69, 9.17) is 15.2 Å². The minimum absolute atomic E-state index is 0.592. The molecule has 0 saturated carbocycles. The van der Waals surface area contributed by atoms with Gasteiger partial charge >= 0.3 is 0 Å². The van der Waals surface area contributed by atoms with Crippen LogP contribution >= 0.6 is 15.9 Å². The van der Waals surface area contributed by atoms with Crippen LogP contribution in [-0.4, -0.2) is 7.11 Å². The van der Waals surface area contributed by atoms with E-state index in [9.17, 15) is 0 Å². The lowest BCUT2D eigenvalue weighted by Crippen LogP contribution is -1.93. The minimum atomic E-state index is 0.592. The van der Waals surface area contributed by atoms with Crippen LogP contribution in [0.2, 0.25) is 0 Å². The molecule has 0 unspecified atom stereocenters. The third-order valence-electron chi connectivity index (χ3n) is 2.24. The van der Waals surface area contributed by atoms with E-state index in [2.05, 4.69) is 15.9 Å². The lowest BCUT2D eigenvalue weighted by molar-refractivity contribution is 0.411. The summed E-state index contributed by atoms with van der Waals surface area (Å²) in [6.07, 6.45) is 0. The Labute approximate surface area is 108 Å². The average Bonchev–Trinajstić information content (AvgIpc) is 2.32. The van der Waals surface area contributed by atoms with E-state index in [-0.39, 0.29) is 0 Å². The van der Waals surface area contributed by atoms with Gasteiger partial charge in [0, 0.05) is 10.5 Å². The Morgan fingerprint density at radius 3 is 2.53 bits per heavy atom. The fourth-order valence-corrected chi connectivity index (χ4v) is 1.80. The van der Waals surface area contributed by atoms with E-state index in [1.807, 2.05) is 24.3 Å². The number of rotatable bonds is 3. The summed E-state index contributed by atoms with van der Waals surface area (Å²) in [6, 6.07) is 12.9. The summed E-state index contributed by atoms with van der Waals surface area (Å²) in [7, 11) is 1.58. The molecule has 0 saturated heterocycles. The van der Waals surface area contributed by atoms with Gasteiger partial charge in [-0.3, -0.25) is 0 Å². The van der Waals surface area contributed by atoms with Crippen molar-refractivity contribution in [3.63, 3.8) is 0 Å². The molecular weight excluding hydrogens is 282 g/mol. The molecule has 0 aromatic heterocycles. The number of benzene rings is 2. The summed E-state index contributed by atoms with van der Waals surface area (Å²) < 4.78 is 11.8. The summed E-state index contributed by atoms with van der Waals surface area (Å²) in [5.74, 6) is 2.05. The van der Waals surface area contributed by atoms with Gasteiger partial charge in [-0.1, -0.05) is 22.0 Å². The van der Waals surface area contributed by atoms with Crippen LogP contribution in [0.25, 0.3) is 0 Å². The van der Waals surface area contributed by atoms with Crippen molar-refractivity contribution in [2.45, 2.75) is 0 Å². The van der Waals surface area contributed by atoms with E-state index < -0.39 is 0 Å². The molecule has 2 aromatic rings. The van der Waals surface area contributed by atoms with Gasteiger partial charge in [0.1, 0.15) is 17.2 Å². The van der Waals surface area contributed by atoms with E-state index in [1.165, 1.54) is 0 Å². The Balaban J connectivity index is 2.24. The van der Waals surface area contributed by atoms with Gasteiger partial charge in [0.15, 0.2) is 0 Å². The summed E-state index contributed by atoms with van der Waals surface area (Å²) in [5.41, 5.74) is 6.32. The summed E-state index contributed by atoms with van der Waals surface area (Å²) in [5, 5.41) is 0. The minimum Gasteiger partial charge on any atom is -0.494 e. The highest BCUT2D eigenvalue weighted by atomic mass is 79.9. The molecule has 0 atom stereocenters. The topological polar surface area (TPSA) is 44.5 Å². The number of nitrogen functional groups attached to an aromatic ring is 1. The van der Waals surface area contributed by atoms with Gasteiger partial charge in [-0.05, 0) is 30.3 Å². The van der Waals surface area contributed by atoms with Crippen molar-refractivity contribution in [1.82, 2.24) is 0 Å². The third-order valence-corrected chi connectivity index (χ3v) is 2.73. The van der Waals surface area contributed by atoms with Crippen molar-refractivity contribution in [3.05, 3.63) is 46.9 Å². The van der Waals surface area contributed by atoms with Crippen molar-refractivity contribution >= 4 is 21.6 Å². The fraction of sp³-hybridized carbons (Fsp3) is 0.0769. The molecule has 0 aliphatic rings. The van der Waals surface area contributed by atoms with Crippen molar-refractivity contribution in [1.29, 1.82) is 0 Å². The Morgan fingerprint density at radius 1 is 1.06 bits per heavy atom. The Morgan fingerprint density at radius 2 is 1.82 bits per heavy atom. The van der Waals surface area contributed by atoms with Crippen LogP contribution in [0.1, 0.15) is 0 Å². The molecule has 0 radical (unpaired) electrons. The van der Waals surface area contributed by atoms with E-state index >= 15 is 0 Å². The predicted molar refractivity (Wildman–Crippen MR) is 71.6 cm³/mol. The molecule has 3 nitrogen and oxygen atoms in total. The zero-order valence-electron chi connectivity index (χ0n) is 9.31. The van der Waals surface area contributed by atoms with Crippen LogP contribution in [0.4, 0.5) is 5.69 Å². The van der Waals surface area contributed by atoms with E-state index in [0.29, 0.717) is 17.2 Å². The molecule has 0 amide bonds. The molecule has 2 rings (SSSR count). The van der Waals surface area contributed by atoms with Crippen molar-refractivity contribution in [2.75, 3.05) is 12.8 Å². The molecule has 2 aromatic carbocycles. The number of hydrogen-bond donors (Lipinski definition) is 1. The second kappa shape index (κ2) is 5.10. The first-order chi connectivity index (χ1) is 8.19. The van der Waals surface area contributed by atoms with Gasteiger partial charge < -0.3 is 15.2 Å². The molecule has 0 spiro atoms. The number of hydrogen-bond acceptors (Lipinski definition) is 3. The molecule has 0 heterocycles.